The van der Waals surface area contributed by atoms with Crippen molar-refractivity contribution >= 4 is 38.6 Å². The first-order valence-corrected chi connectivity index (χ1v) is 13.4. The summed E-state index contributed by atoms with van der Waals surface area (Å²) in [6, 6.07) is 19.8. The third-order valence-electron chi connectivity index (χ3n) is 6.36. The molecule has 0 atom stereocenters. The Balaban J connectivity index is 0.00000272. The molecule has 1 aliphatic carbocycles. The third-order valence-corrected chi connectivity index (χ3v) is 7.89. The lowest BCUT2D eigenvalue weighted by Crippen LogP contribution is -3.00. The highest BCUT2D eigenvalue weighted by Crippen LogP contribution is 2.28. The molecule has 4 heteroatoms. The first-order chi connectivity index (χ1) is 14.8. The van der Waals surface area contributed by atoms with E-state index >= 15 is 0 Å². The zero-order valence-corrected chi connectivity index (χ0v) is 22.8. The van der Waals surface area contributed by atoms with Crippen LogP contribution in [0, 0.1) is 5.92 Å². The second kappa shape index (κ2) is 13.2. The lowest BCUT2D eigenvalue weighted by atomic mass is 9.85. The van der Waals surface area contributed by atoms with Gasteiger partial charge in [0.15, 0.2) is 6.20 Å². The Bertz CT molecular complexity index is 955. The second-order valence-corrected chi connectivity index (χ2v) is 10.7. The van der Waals surface area contributed by atoms with Crippen LogP contribution in [0.5, 0.6) is 0 Å². The third kappa shape index (κ3) is 7.75. The number of hydrogen-bond donors (Lipinski definition) is 0. The number of pyridine rings is 1. The summed E-state index contributed by atoms with van der Waals surface area (Å²) in [5, 5.41) is 1.35. The van der Waals surface area contributed by atoms with Gasteiger partial charge in [0.2, 0.25) is 5.52 Å². The largest absolute Gasteiger partial charge is 1.00 e. The molecule has 1 aromatic heterocycles. The first kappa shape index (κ1) is 25.0. The van der Waals surface area contributed by atoms with Crippen LogP contribution in [0.25, 0.3) is 10.9 Å². The Morgan fingerprint density at radius 2 is 1.74 bits per heavy atom. The van der Waals surface area contributed by atoms with Gasteiger partial charge in [-0.25, -0.2) is 0 Å². The number of rotatable bonds is 9. The molecule has 0 amide bonds. The van der Waals surface area contributed by atoms with Gasteiger partial charge in [0, 0.05) is 28.1 Å². The van der Waals surface area contributed by atoms with Gasteiger partial charge >= 0.3 is 0 Å². The van der Waals surface area contributed by atoms with Crippen molar-refractivity contribution in [3.63, 3.8) is 0 Å². The number of halogens is 2. The number of para-hydroxylation sites is 1. The van der Waals surface area contributed by atoms with Crippen LogP contribution in [-0.2, 0) is 12.3 Å². The first-order valence-electron chi connectivity index (χ1n) is 11.6. The van der Waals surface area contributed by atoms with Gasteiger partial charge in [-0.3, -0.25) is 0 Å². The average Bonchev–Trinajstić information content (AvgIpc) is 2.78. The molecule has 0 N–H and O–H groups in total. The summed E-state index contributed by atoms with van der Waals surface area (Å²) in [5.41, 5.74) is 2.72. The second-order valence-electron chi connectivity index (χ2n) is 8.70. The molecule has 1 fully saturated rings. The van der Waals surface area contributed by atoms with Crippen molar-refractivity contribution in [3.8, 4) is 0 Å². The van der Waals surface area contributed by atoms with Crippen molar-refractivity contribution < 1.29 is 28.5 Å². The minimum absolute atomic E-state index is 0. The Kier molecular flexibility index (Phi) is 10.7. The van der Waals surface area contributed by atoms with Gasteiger partial charge in [0.25, 0.3) is 0 Å². The highest BCUT2D eigenvalue weighted by Gasteiger charge is 2.14. The van der Waals surface area contributed by atoms with Crippen molar-refractivity contribution in [2.24, 2.45) is 5.92 Å². The van der Waals surface area contributed by atoms with Gasteiger partial charge in [-0.05, 0) is 42.2 Å². The van der Waals surface area contributed by atoms with E-state index in [1.54, 1.807) is 0 Å². The van der Waals surface area contributed by atoms with Crippen LogP contribution in [-0.4, -0.2) is 0 Å². The van der Waals surface area contributed by atoms with Crippen LogP contribution < -0.4 is 28.5 Å². The maximum atomic E-state index is 3.59. The molecule has 3 aromatic rings. The van der Waals surface area contributed by atoms with Gasteiger partial charge in [-0.1, -0.05) is 85.1 Å². The van der Waals surface area contributed by atoms with Crippen molar-refractivity contribution in [2.75, 3.05) is 0 Å². The number of aromatic nitrogens is 1. The summed E-state index contributed by atoms with van der Waals surface area (Å²) in [7, 11) is 0. The maximum Gasteiger partial charge on any atom is 0.212 e. The summed E-state index contributed by atoms with van der Waals surface area (Å²) in [5.74, 6) is 2.02. The van der Waals surface area contributed by atoms with Gasteiger partial charge in [0.05, 0.1) is 4.90 Å². The molecule has 31 heavy (non-hydrogen) atoms. The summed E-state index contributed by atoms with van der Waals surface area (Å²) in [6.07, 6.45) is 15.2. The lowest BCUT2D eigenvalue weighted by molar-refractivity contribution is -0.673. The van der Waals surface area contributed by atoms with Crippen LogP contribution in [0.1, 0.15) is 63.4 Å². The highest BCUT2D eigenvalue weighted by atomic mass is 127. The van der Waals surface area contributed by atoms with Gasteiger partial charge in [-0.15, -0.1) is 11.8 Å². The molecule has 0 radical (unpaired) electrons. The fourth-order valence-electron chi connectivity index (χ4n) is 4.71. The minimum Gasteiger partial charge on any atom is -1.00 e. The zero-order valence-electron chi connectivity index (χ0n) is 18.2. The van der Waals surface area contributed by atoms with Crippen molar-refractivity contribution in [2.45, 2.75) is 75.0 Å². The number of fused-ring (bicyclic) bond motifs is 1. The van der Waals surface area contributed by atoms with E-state index in [-0.39, 0.29) is 24.0 Å². The molecule has 0 saturated heterocycles. The van der Waals surface area contributed by atoms with E-state index in [1.165, 1.54) is 79.1 Å². The smallest absolute Gasteiger partial charge is 0.212 e. The summed E-state index contributed by atoms with van der Waals surface area (Å²) in [6.45, 7) is 1.12. The fraction of sp³-hybridized carbons (Fsp3) is 0.444. The minimum atomic E-state index is 0. The molecule has 166 valence electrons. The van der Waals surface area contributed by atoms with E-state index in [0.29, 0.717) is 0 Å². The van der Waals surface area contributed by atoms with Crippen LogP contribution in [0.3, 0.4) is 0 Å². The number of aryl methyl sites for hydroxylation is 1. The normalized spacial score (nSPS) is 14.5. The van der Waals surface area contributed by atoms with Crippen molar-refractivity contribution in [1.29, 1.82) is 0 Å². The van der Waals surface area contributed by atoms with Crippen LogP contribution in [0.15, 0.2) is 70.2 Å². The van der Waals surface area contributed by atoms with Gasteiger partial charge in [0.1, 0.15) is 6.54 Å². The summed E-state index contributed by atoms with van der Waals surface area (Å²) in [4.78, 5) is 1.36. The van der Waals surface area contributed by atoms with Gasteiger partial charge in [-0.2, -0.15) is 4.57 Å². The Labute approximate surface area is 217 Å². The SMILES string of the molecule is Brc1cccc(CSc2cc3ccccc3[n+](CCCCCC3CCCCC3)c2)c1.[I-]. The van der Waals surface area contributed by atoms with E-state index in [0.717, 1.165) is 22.7 Å². The molecule has 1 saturated carbocycles. The lowest BCUT2D eigenvalue weighted by Gasteiger charge is -2.21. The standard InChI is InChI=1S/C27H33BrNS.HI/c28-25-15-9-13-23(18-25)21-30-26-19-24-14-6-7-16-27(24)29(20-26)17-8-2-5-12-22-10-3-1-4-11-22;/h6-7,9,13-16,18-20,22H,1-5,8,10-12,17,21H2;1H/q+1;/p-1. The van der Waals surface area contributed by atoms with Gasteiger partial charge < -0.3 is 24.0 Å². The van der Waals surface area contributed by atoms with E-state index in [4.69, 9.17) is 0 Å². The van der Waals surface area contributed by atoms with Crippen LogP contribution in [0.2, 0.25) is 0 Å². The maximum absolute atomic E-state index is 3.59. The Hall–Kier alpha value is -0.590. The predicted octanol–water partition coefficient (Wildman–Crippen LogP) is 5.33. The molecule has 0 bridgehead atoms. The quantitative estimate of drug-likeness (QED) is 0.137. The number of hydrogen-bond acceptors (Lipinski definition) is 1. The van der Waals surface area contributed by atoms with E-state index in [9.17, 15) is 0 Å². The molecule has 0 spiro atoms. The van der Waals surface area contributed by atoms with Crippen molar-refractivity contribution in [3.05, 3.63) is 70.8 Å². The fourth-order valence-corrected chi connectivity index (χ4v) is 6.08. The number of nitrogens with zero attached hydrogens (tertiary/aromatic N) is 1. The van der Waals surface area contributed by atoms with E-state index in [1.807, 2.05) is 11.8 Å². The summed E-state index contributed by atoms with van der Waals surface area (Å²) >= 11 is 5.52. The van der Waals surface area contributed by atoms with E-state index < -0.39 is 0 Å². The zero-order chi connectivity index (χ0) is 20.6. The number of thioether (sulfide) groups is 1. The highest BCUT2D eigenvalue weighted by molar-refractivity contribution is 9.10. The Morgan fingerprint density at radius 3 is 2.58 bits per heavy atom. The monoisotopic (exact) mass is 609 g/mol. The molecule has 2 aromatic carbocycles. The molecule has 1 nitrogen and oxygen atoms in total. The molecule has 1 aliphatic rings. The van der Waals surface area contributed by atoms with E-state index in [2.05, 4.69) is 81.3 Å². The molecule has 0 unspecified atom stereocenters. The van der Waals surface area contributed by atoms with Crippen molar-refractivity contribution in [1.82, 2.24) is 0 Å². The van der Waals surface area contributed by atoms with Crippen LogP contribution >= 0.6 is 27.7 Å². The number of benzene rings is 2. The van der Waals surface area contributed by atoms with Crippen LogP contribution in [0.4, 0.5) is 0 Å². The Morgan fingerprint density at radius 1 is 0.903 bits per heavy atom. The molecular weight excluding hydrogens is 577 g/mol. The molecule has 1 heterocycles. The number of unbranched alkanes of at least 4 members (excludes halogenated alkanes) is 2. The molecule has 4 rings (SSSR count). The predicted molar refractivity (Wildman–Crippen MR) is 133 cm³/mol. The molecule has 0 aliphatic heterocycles. The topological polar surface area (TPSA) is 3.88 Å². The molecular formula is C27H33BrINS. The average molecular weight is 610 g/mol. The summed E-state index contributed by atoms with van der Waals surface area (Å²) < 4.78 is 3.64.